The lowest BCUT2D eigenvalue weighted by atomic mass is 9.84. The lowest BCUT2D eigenvalue weighted by Gasteiger charge is -2.35. The van der Waals surface area contributed by atoms with Gasteiger partial charge in [-0.1, -0.05) is 27.7 Å². The number of aliphatic carboxylic acids is 1. The predicted octanol–water partition coefficient (Wildman–Crippen LogP) is -0.100. The average molecular weight is 284 g/mol. The Labute approximate surface area is 118 Å². The summed E-state index contributed by atoms with van der Waals surface area (Å²) in [5.74, 6) is -1.10. The number of nitrogens with zero attached hydrogens (tertiary/aromatic N) is 1. The van der Waals surface area contributed by atoms with Gasteiger partial charge < -0.3 is 20.8 Å². The Bertz CT molecular complexity index is 446. The second kappa shape index (κ2) is 4.43. The number of nitrogens with two attached hydrogens (primary N) is 1. The van der Waals surface area contributed by atoms with Crippen LogP contribution in [0.1, 0.15) is 27.7 Å². The summed E-state index contributed by atoms with van der Waals surface area (Å²) in [4.78, 5) is 25.4. The quantitative estimate of drug-likeness (QED) is 0.669. The second-order valence-electron chi connectivity index (χ2n) is 7.35. The van der Waals surface area contributed by atoms with Crippen LogP contribution >= 0.6 is 0 Å². The van der Waals surface area contributed by atoms with Crippen molar-refractivity contribution in [2.45, 2.75) is 39.8 Å². The lowest BCUT2D eigenvalue weighted by molar-refractivity contribution is -0.152. The largest absolute Gasteiger partial charge is 0.480 e. The number of aliphatic hydroxyl groups excluding tert-OH is 1. The number of aliphatic hydroxyl groups is 1. The average Bonchev–Trinajstić information content (AvgIpc) is 2.78. The third kappa shape index (κ3) is 2.02. The van der Waals surface area contributed by atoms with Crippen molar-refractivity contribution in [3.05, 3.63) is 0 Å². The summed E-state index contributed by atoms with van der Waals surface area (Å²) in [6.45, 7) is 7.71. The fourth-order valence-electron chi connectivity index (χ4n) is 3.41. The van der Waals surface area contributed by atoms with Crippen molar-refractivity contribution < 1.29 is 19.8 Å². The number of hydrogen-bond acceptors (Lipinski definition) is 4. The molecule has 1 unspecified atom stereocenters. The zero-order valence-corrected chi connectivity index (χ0v) is 12.5. The molecule has 2 aliphatic rings. The number of carbonyl (C=O) groups excluding carboxylic acids is 1. The van der Waals surface area contributed by atoms with Gasteiger partial charge in [0.1, 0.15) is 6.04 Å². The maximum atomic E-state index is 12.5. The minimum atomic E-state index is -0.967. The summed E-state index contributed by atoms with van der Waals surface area (Å²) in [6.07, 6.45) is 0. The van der Waals surface area contributed by atoms with Crippen molar-refractivity contribution in [1.29, 1.82) is 0 Å². The molecule has 1 heterocycles. The van der Waals surface area contributed by atoms with Crippen molar-refractivity contribution in [1.82, 2.24) is 4.90 Å². The van der Waals surface area contributed by atoms with E-state index in [1.54, 1.807) is 13.8 Å². The molecule has 0 radical (unpaired) electrons. The first-order valence-corrected chi connectivity index (χ1v) is 6.95. The molecular weight excluding hydrogens is 260 g/mol. The van der Waals surface area contributed by atoms with Gasteiger partial charge in [-0.15, -0.1) is 0 Å². The predicted molar refractivity (Wildman–Crippen MR) is 72.7 cm³/mol. The van der Waals surface area contributed by atoms with Crippen LogP contribution in [0.5, 0.6) is 0 Å². The second-order valence-corrected chi connectivity index (χ2v) is 7.35. The fourth-order valence-corrected chi connectivity index (χ4v) is 3.41. The van der Waals surface area contributed by atoms with E-state index < -0.39 is 23.5 Å². The van der Waals surface area contributed by atoms with E-state index in [2.05, 4.69) is 0 Å². The highest BCUT2D eigenvalue weighted by molar-refractivity contribution is 5.89. The first kappa shape index (κ1) is 15.3. The topological polar surface area (TPSA) is 104 Å². The van der Waals surface area contributed by atoms with Gasteiger partial charge in [-0.3, -0.25) is 4.79 Å². The van der Waals surface area contributed by atoms with Gasteiger partial charge in [-0.25, -0.2) is 4.79 Å². The number of carbonyl (C=O) groups is 2. The van der Waals surface area contributed by atoms with Gasteiger partial charge in [-0.05, 0) is 11.3 Å². The summed E-state index contributed by atoms with van der Waals surface area (Å²) < 4.78 is 0. The molecule has 1 aliphatic heterocycles. The molecule has 6 heteroatoms. The molecule has 0 spiro atoms. The third-order valence-electron chi connectivity index (χ3n) is 5.26. The van der Waals surface area contributed by atoms with Gasteiger partial charge in [0.05, 0.1) is 12.6 Å². The van der Waals surface area contributed by atoms with Crippen molar-refractivity contribution in [3.8, 4) is 0 Å². The highest BCUT2D eigenvalue weighted by atomic mass is 16.4. The number of hydrogen-bond donors (Lipinski definition) is 3. The van der Waals surface area contributed by atoms with E-state index in [9.17, 15) is 19.8 Å². The zero-order valence-electron chi connectivity index (χ0n) is 12.5. The molecule has 4 N–H and O–H groups in total. The van der Waals surface area contributed by atoms with Crippen LogP contribution < -0.4 is 5.73 Å². The number of rotatable bonds is 4. The van der Waals surface area contributed by atoms with Crippen LogP contribution in [0.2, 0.25) is 0 Å². The van der Waals surface area contributed by atoms with Gasteiger partial charge in [0.2, 0.25) is 5.91 Å². The first-order valence-electron chi connectivity index (χ1n) is 6.95. The maximum absolute atomic E-state index is 12.5. The molecule has 20 heavy (non-hydrogen) atoms. The van der Waals surface area contributed by atoms with Gasteiger partial charge >= 0.3 is 5.97 Å². The van der Waals surface area contributed by atoms with Crippen molar-refractivity contribution in [3.63, 3.8) is 0 Å². The molecule has 4 atom stereocenters. The number of piperidine rings is 1. The van der Waals surface area contributed by atoms with E-state index in [1.165, 1.54) is 4.90 Å². The van der Waals surface area contributed by atoms with Crippen molar-refractivity contribution in [2.24, 2.45) is 28.4 Å². The van der Waals surface area contributed by atoms with E-state index in [-0.39, 0.29) is 29.8 Å². The maximum Gasteiger partial charge on any atom is 0.326 e. The molecule has 0 aromatic heterocycles. The molecule has 0 aromatic carbocycles. The molecule has 1 aliphatic carbocycles. The fraction of sp³-hybridized carbons (Fsp3) is 0.857. The Kier molecular flexibility index (Phi) is 3.38. The highest BCUT2D eigenvalue weighted by Gasteiger charge is 2.69. The van der Waals surface area contributed by atoms with E-state index in [1.807, 2.05) is 13.8 Å². The van der Waals surface area contributed by atoms with Gasteiger partial charge in [0.15, 0.2) is 0 Å². The van der Waals surface area contributed by atoms with Gasteiger partial charge in [-0.2, -0.15) is 0 Å². The Morgan fingerprint density at radius 3 is 2.45 bits per heavy atom. The molecule has 0 aromatic rings. The molecule has 2 rings (SSSR count). The number of fused-ring (bicyclic) bond motifs is 1. The first-order chi connectivity index (χ1) is 9.05. The Morgan fingerprint density at radius 1 is 1.45 bits per heavy atom. The molecule has 1 amide bonds. The van der Waals surface area contributed by atoms with Crippen LogP contribution in [-0.2, 0) is 9.59 Å². The summed E-state index contributed by atoms with van der Waals surface area (Å²) in [5.41, 5.74) is 5.15. The highest BCUT2D eigenvalue weighted by Crippen LogP contribution is 2.64. The molecule has 0 bridgehead atoms. The molecule has 6 nitrogen and oxygen atoms in total. The Morgan fingerprint density at radius 2 is 2.00 bits per heavy atom. The number of carboxylic acid groups (broad SMARTS) is 1. The number of amides is 1. The minimum absolute atomic E-state index is 0.00777. The summed E-state index contributed by atoms with van der Waals surface area (Å²) in [5, 5.41) is 18.7. The molecular formula is C14H24N2O4. The van der Waals surface area contributed by atoms with E-state index in [0.29, 0.717) is 6.54 Å². The van der Waals surface area contributed by atoms with Crippen LogP contribution in [0.4, 0.5) is 0 Å². The number of likely N-dealkylation sites (tertiary alicyclic amines) is 1. The summed E-state index contributed by atoms with van der Waals surface area (Å²) in [6, 6.07) is -1.68. The van der Waals surface area contributed by atoms with E-state index in [4.69, 9.17) is 5.73 Å². The normalized spacial score (nSPS) is 32.7. The molecule has 1 saturated heterocycles. The molecule has 114 valence electrons. The summed E-state index contributed by atoms with van der Waals surface area (Å²) >= 11 is 0. The lowest BCUT2D eigenvalue weighted by Crippen LogP contribution is -2.56. The number of carboxylic acids is 1. The third-order valence-corrected chi connectivity index (χ3v) is 5.26. The van der Waals surface area contributed by atoms with Crippen LogP contribution in [0, 0.1) is 22.7 Å². The van der Waals surface area contributed by atoms with E-state index in [0.717, 1.165) is 0 Å². The monoisotopic (exact) mass is 284 g/mol. The molecule has 1 saturated carbocycles. The summed E-state index contributed by atoms with van der Waals surface area (Å²) in [7, 11) is 0. The van der Waals surface area contributed by atoms with Gasteiger partial charge in [0.25, 0.3) is 0 Å². The van der Waals surface area contributed by atoms with Crippen LogP contribution in [0.15, 0.2) is 0 Å². The minimum Gasteiger partial charge on any atom is -0.480 e. The van der Waals surface area contributed by atoms with Gasteiger partial charge in [0, 0.05) is 17.9 Å². The van der Waals surface area contributed by atoms with E-state index >= 15 is 0 Å². The van der Waals surface area contributed by atoms with Crippen LogP contribution in [-0.4, -0.2) is 52.2 Å². The van der Waals surface area contributed by atoms with Crippen LogP contribution in [0.25, 0.3) is 0 Å². The Balaban J connectivity index is 2.18. The molecule has 2 fully saturated rings. The zero-order chi connectivity index (χ0) is 15.5. The van der Waals surface area contributed by atoms with Crippen molar-refractivity contribution >= 4 is 11.9 Å². The SMILES string of the molecule is CC(C)(CO)C(N)C(=O)N1C[C@H]2[C@@H]([C@H]1C(=O)O)C2(C)C. The standard InChI is InChI=1S/C14H24N2O4/c1-13(2,6-17)10(15)11(18)16-5-7-8(14(7,3)4)9(16)12(19)20/h7-10,17H,5-6,15H2,1-4H3,(H,19,20)/t7-,8-,9-,10?/m0/s1. The Hall–Kier alpha value is -1.14. The van der Waals surface area contributed by atoms with Crippen LogP contribution in [0.3, 0.4) is 0 Å². The smallest absolute Gasteiger partial charge is 0.326 e. The van der Waals surface area contributed by atoms with Crippen molar-refractivity contribution in [2.75, 3.05) is 13.2 Å².